The lowest BCUT2D eigenvalue weighted by Gasteiger charge is -2.39. The number of aliphatic hydroxyl groups is 1. The maximum Gasteiger partial charge on any atom is 0.326 e. The molecule has 0 heterocycles. The first-order valence-corrected chi connectivity index (χ1v) is 2.78. The highest BCUT2D eigenvalue weighted by molar-refractivity contribution is 5.85. The van der Waals surface area contributed by atoms with Gasteiger partial charge < -0.3 is 15.9 Å². The highest BCUT2D eigenvalue weighted by atomic mass is 35.5. The number of nitrogens with two attached hydrogens (primary N) is 1. The fourth-order valence-corrected chi connectivity index (χ4v) is 0.834. The normalized spacial score (nSPS) is 37.6. The Morgan fingerprint density at radius 2 is 2.20 bits per heavy atom. The van der Waals surface area contributed by atoms with E-state index in [1.807, 2.05) is 0 Å². The maximum absolute atomic E-state index is 10.2. The van der Waals surface area contributed by atoms with Crippen LogP contribution in [0.3, 0.4) is 0 Å². The van der Waals surface area contributed by atoms with Crippen LogP contribution < -0.4 is 5.73 Å². The molecule has 0 unspecified atom stereocenters. The third-order valence-electron chi connectivity index (χ3n) is 1.82. The molecule has 0 aliphatic heterocycles. The average Bonchev–Trinajstić information content (AvgIpc) is 1.82. The molecule has 0 bridgehead atoms. The SMILES string of the molecule is Cl.N[C@]1(C(=O)O)CC[C@@H]1O. The van der Waals surface area contributed by atoms with Gasteiger partial charge in [0, 0.05) is 0 Å². The van der Waals surface area contributed by atoms with Crippen LogP contribution in [0.5, 0.6) is 0 Å². The number of carbonyl (C=O) groups is 1. The highest BCUT2D eigenvalue weighted by Crippen LogP contribution is 2.29. The summed E-state index contributed by atoms with van der Waals surface area (Å²) in [6, 6.07) is 0. The molecule has 0 aromatic carbocycles. The summed E-state index contributed by atoms with van der Waals surface area (Å²) in [7, 11) is 0. The molecular formula is C5H10ClNO3. The van der Waals surface area contributed by atoms with Crippen molar-refractivity contribution in [2.75, 3.05) is 0 Å². The smallest absolute Gasteiger partial charge is 0.326 e. The fraction of sp³-hybridized carbons (Fsp3) is 0.800. The van der Waals surface area contributed by atoms with Gasteiger partial charge >= 0.3 is 5.97 Å². The molecule has 10 heavy (non-hydrogen) atoms. The second-order valence-corrected chi connectivity index (χ2v) is 2.40. The highest BCUT2D eigenvalue weighted by Gasteiger charge is 2.49. The van der Waals surface area contributed by atoms with Crippen LogP contribution in [0, 0.1) is 0 Å². The molecular weight excluding hydrogens is 158 g/mol. The Morgan fingerprint density at radius 1 is 1.70 bits per heavy atom. The van der Waals surface area contributed by atoms with Crippen LogP contribution in [0.1, 0.15) is 12.8 Å². The van der Waals surface area contributed by atoms with Crippen LogP contribution in [0.25, 0.3) is 0 Å². The third kappa shape index (κ3) is 1.10. The van der Waals surface area contributed by atoms with Gasteiger partial charge in [0.1, 0.15) is 5.54 Å². The molecule has 5 heteroatoms. The molecule has 1 fully saturated rings. The molecule has 0 radical (unpaired) electrons. The second-order valence-electron chi connectivity index (χ2n) is 2.40. The average molecular weight is 168 g/mol. The van der Waals surface area contributed by atoms with Gasteiger partial charge in [-0.1, -0.05) is 0 Å². The number of carboxylic acids is 1. The molecule has 0 spiro atoms. The predicted octanol–water partition coefficient (Wildman–Crippen LogP) is -0.655. The zero-order valence-electron chi connectivity index (χ0n) is 5.28. The zero-order chi connectivity index (χ0) is 7.07. The van der Waals surface area contributed by atoms with Crippen molar-refractivity contribution in [2.24, 2.45) is 5.73 Å². The number of halogens is 1. The first kappa shape index (κ1) is 9.68. The summed E-state index contributed by atoms with van der Waals surface area (Å²) >= 11 is 0. The minimum absolute atomic E-state index is 0. The van der Waals surface area contributed by atoms with E-state index in [1.165, 1.54) is 0 Å². The van der Waals surface area contributed by atoms with E-state index < -0.39 is 17.6 Å². The van der Waals surface area contributed by atoms with Crippen molar-refractivity contribution < 1.29 is 15.0 Å². The molecule has 0 saturated heterocycles. The summed E-state index contributed by atoms with van der Waals surface area (Å²) in [6.07, 6.45) is 0.0294. The lowest BCUT2D eigenvalue weighted by molar-refractivity contribution is -0.155. The molecule has 1 aliphatic carbocycles. The molecule has 4 N–H and O–H groups in total. The summed E-state index contributed by atoms with van der Waals surface area (Å²) in [5.74, 6) is -1.11. The predicted molar refractivity (Wildman–Crippen MR) is 37.0 cm³/mol. The first-order chi connectivity index (χ1) is 4.07. The fourth-order valence-electron chi connectivity index (χ4n) is 0.834. The molecule has 1 aliphatic rings. The van der Waals surface area contributed by atoms with Crippen LogP contribution in [-0.4, -0.2) is 27.8 Å². The summed E-state index contributed by atoms with van der Waals surface area (Å²) in [5.41, 5.74) is 3.89. The van der Waals surface area contributed by atoms with Gasteiger partial charge in [0.25, 0.3) is 0 Å². The van der Waals surface area contributed by atoms with E-state index >= 15 is 0 Å². The lowest BCUT2D eigenvalue weighted by Crippen LogP contribution is -2.64. The van der Waals surface area contributed by atoms with E-state index in [2.05, 4.69) is 0 Å². The Bertz CT molecular complexity index is 152. The van der Waals surface area contributed by atoms with E-state index in [9.17, 15) is 4.79 Å². The number of aliphatic carboxylic acids is 1. The molecule has 1 rings (SSSR count). The second kappa shape index (κ2) is 2.74. The molecule has 0 amide bonds. The summed E-state index contributed by atoms with van der Waals surface area (Å²) in [4.78, 5) is 10.2. The van der Waals surface area contributed by atoms with E-state index in [0.717, 1.165) is 0 Å². The first-order valence-electron chi connectivity index (χ1n) is 2.78. The van der Waals surface area contributed by atoms with Gasteiger partial charge in [-0.15, -0.1) is 12.4 Å². The number of hydrogen-bond acceptors (Lipinski definition) is 3. The largest absolute Gasteiger partial charge is 0.480 e. The van der Waals surface area contributed by atoms with Gasteiger partial charge in [-0.3, -0.25) is 4.79 Å². The standard InChI is InChI=1S/C5H9NO3.ClH/c6-5(4(8)9)2-1-3(5)7;/h3,7H,1-2,6H2,(H,8,9);1H/t3-,5+;/m0./s1. The summed E-state index contributed by atoms with van der Waals surface area (Å²) in [5, 5.41) is 17.2. The summed E-state index contributed by atoms with van der Waals surface area (Å²) in [6.45, 7) is 0. The van der Waals surface area contributed by atoms with Crippen molar-refractivity contribution in [1.29, 1.82) is 0 Å². The van der Waals surface area contributed by atoms with E-state index in [0.29, 0.717) is 12.8 Å². The zero-order valence-corrected chi connectivity index (χ0v) is 6.10. The maximum atomic E-state index is 10.2. The van der Waals surface area contributed by atoms with Crippen molar-refractivity contribution in [1.82, 2.24) is 0 Å². The summed E-state index contributed by atoms with van der Waals surface area (Å²) < 4.78 is 0. The Labute approximate surface area is 64.4 Å². The Kier molecular flexibility index (Phi) is 2.65. The van der Waals surface area contributed by atoms with Gasteiger partial charge in [0.05, 0.1) is 6.10 Å². The van der Waals surface area contributed by atoms with Crippen LogP contribution in [0.15, 0.2) is 0 Å². The van der Waals surface area contributed by atoms with Crippen LogP contribution >= 0.6 is 12.4 Å². The van der Waals surface area contributed by atoms with E-state index in [1.54, 1.807) is 0 Å². The minimum Gasteiger partial charge on any atom is -0.480 e. The Hall–Kier alpha value is -0.320. The van der Waals surface area contributed by atoms with Gasteiger partial charge in [-0.05, 0) is 12.8 Å². The monoisotopic (exact) mass is 167 g/mol. The van der Waals surface area contributed by atoms with Gasteiger partial charge in [-0.25, -0.2) is 0 Å². The van der Waals surface area contributed by atoms with Gasteiger partial charge in [-0.2, -0.15) is 0 Å². The minimum atomic E-state index is -1.35. The van der Waals surface area contributed by atoms with Crippen LogP contribution in [-0.2, 0) is 4.79 Å². The van der Waals surface area contributed by atoms with E-state index in [4.69, 9.17) is 15.9 Å². The van der Waals surface area contributed by atoms with Crippen molar-refractivity contribution >= 4 is 18.4 Å². The lowest BCUT2D eigenvalue weighted by atomic mass is 9.75. The molecule has 60 valence electrons. The van der Waals surface area contributed by atoms with Gasteiger partial charge in [0.15, 0.2) is 0 Å². The van der Waals surface area contributed by atoms with Crippen LogP contribution in [0.4, 0.5) is 0 Å². The van der Waals surface area contributed by atoms with Crippen molar-refractivity contribution in [3.05, 3.63) is 0 Å². The van der Waals surface area contributed by atoms with Crippen molar-refractivity contribution in [3.63, 3.8) is 0 Å². The quantitative estimate of drug-likeness (QED) is 0.485. The number of aliphatic hydroxyl groups excluding tert-OH is 1. The number of hydrogen-bond donors (Lipinski definition) is 3. The number of carboxylic acid groups (broad SMARTS) is 1. The Balaban J connectivity index is 0.000000810. The van der Waals surface area contributed by atoms with E-state index in [-0.39, 0.29) is 12.4 Å². The van der Waals surface area contributed by atoms with Crippen molar-refractivity contribution in [3.8, 4) is 0 Å². The number of rotatable bonds is 1. The molecule has 4 nitrogen and oxygen atoms in total. The molecule has 0 aromatic rings. The third-order valence-corrected chi connectivity index (χ3v) is 1.82. The van der Waals surface area contributed by atoms with Crippen LogP contribution in [0.2, 0.25) is 0 Å². The van der Waals surface area contributed by atoms with Crippen molar-refractivity contribution in [2.45, 2.75) is 24.5 Å². The topological polar surface area (TPSA) is 83.6 Å². The van der Waals surface area contributed by atoms with Gasteiger partial charge in [0.2, 0.25) is 0 Å². The molecule has 2 atom stereocenters. The Morgan fingerprint density at radius 3 is 2.20 bits per heavy atom. The molecule has 0 aromatic heterocycles. The molecule has 1 saturated carbocycles.